The van der Waals surface area contributed by atoms with Gasteiger partial charge < -0.3 is 16.2 Å². The number of nitrogens with two attached hydrogens (primary N) is 1. The van der Waals surface area contributed by atoms with E-state index in [1.807, 2.05) is 0 Å². The van der Waals surface area contributed by atoms with Gasteiger partial charge in [-0.3, -0.25) is 0 Å². The van der Waals surface area contributed by atoms with Crippen molar-refractivity contribution in [1.29, 1.82) is 0 Å². The van der Waals surface area contributed by atoms with Crippen molar-refractivity contribution in [2.75, 3.05) is 6.54 Å². The third-order valence-electron chi connectivity index (χ3n) is 7.58. The Balaban J connectivity index is 1.51. The highest BCUT2D eigenvalue weighted by molar-refractivity contribution is 5.36. The molecule has 0 saturated heterocycles. The predicted octanol–water partition coefficient (Wildman–Crippen LogP) is 5.26. The monoisotopic (exact) mass is 442 g/mol. The second-order valence-electron chi connectivity index (χ2n) is 10.9. The summed E-state index contributed by atoms with van der Waals surface area (Å²) in [7, 11) is 0. The van der Waals surface area contributed by atoms with Gasteiger partial charge in [-0.1, -0.05) is 64.3 Å². The van der Waals surface area contributed by atoms with Crippen LogP contribution in [0.15, 0.2) is 42.5 Å². The van der Waals surface area contributed by atoms with Gasteiger partial charge in [-0.05, 0) is 53.5 Å². The molecule has 0 bridgehead atoms. The zero-order valence-corrected chi connectivity index (χ0v) is 19.4. The Labute approximate surface area is 190 Å². The van der Waals surface area contributed by atoms with E-state index in [2.05, 4.69) is 50.4 Å². The van der Waals surface area contributed by atoms with E-state index in [4.69, 9.17) is 5.73 Å². The van der Waals surface area contributed by atoms with Crippen molar-refractivity contribution in [2.45, 2.75) is 87.8 Å². The number of benzene rings is 2. The van der Waals surface area contributed by atoms with Gasteiger partial charge in [0.2, 0.25) is 0 Å². The van der Waals surface area contributed by atoms with Crippen LogP contribution in [-0.2, 0) is 11.0 Å². The molecule has 0 aromatic heterocycles. The van der Waals surface area contributed by atoms with Gasteiger partial charge in [-0.25, -0.2) is 8.78 Å². The van der Waals surface area contributed by atoms with E-state index in [-0.39, 0.29) is 16.9 Å². The van der Waals surface area contributed by atoms with E-state index in [1.54, 1.807) is 0 Å². The minimum absolute atomic E-state index is 0.0637. The molecule has 2 aliphatic carbocycles. The van der Waals surface area contributed by atoms with Crippen molar-refractivity contribution < 1.29 is 13.9 Å². The number of rotatable bonds is 6. The van der Waals surface area contributed by atoms with Crippen molar-refractivity contribution in [2.24, 2.45) is 5.73 Å². The summed E-state index contributed by atoms with van der Waals surface area (Å²) in [5.41, 5.74) is 8.61. The molecule has 2 aromatic carbocycles. The van der Waals surface area contributed by atoms with Gasteiger partial charge in [0.1, 0.15) is 11.6 Å². The number of halogens is 2. The molecule has 4 rings (SSSR count). The van der Waals surface area contributed by atoms with E-state index in [1.165, 1.54) is 29.7 Å². The summed E-state index contributed by atoms with van der Waals surface area (Å²) < 4.78 is 27.3. The van der Waals surface area contributed by atoms with Crippen molar-refractivity contribution >= 4 is 0 Å². The lowest BCUT2D eigenvalue weighted by Gasteiger charge is -2.41. The minimum atomic E-state index is -0.865. The number of hydrogen-bond donors (Lipinski definition) is 3. The third kappa shape index (κ3) is 4.61. The molecule has 32 heavy (non-hydrogen) atoms. The molecule has 5 heteroatoms. The zero-order chi connectivity index (χ0) is 23.1. The second-order valence-corrected chi connectivity index (χ2v) is 10.9. The summed E-state index contributed by atoms with van der Waals surface area (Å²) in [6, 6.07) is 12.3. The van der Waals surface area contributed by atoms with Crippen LogP contribution in [0.4, 0.5) is 8.78 Å². The van der Waals surface area contributed by atoms with Crippen molar-refractivity contribution in [3.8, 4) is 0 Å². The molecule has 0 spiro atoms. The van der Waals surface area contributed by atoms with Crippen molar-refractivity contribution in [1.82, 2.24) is 5.32 Å². The molecule has 2 aliphatic rings. The van der Waals surface area contributed by atoms with Crippen LogP contribution in [0, 0.1) is 11.6 Å². The van der Waals surface area contributed by atoms with Gasteiger partial charge >= 0.3 is 0 Å². The Kier molecular flexibility index (Phi) is 6.21. The Morgan fingerprint density at radius 1 is 1.06 bits per heavy atom. The maximum atomic E-state index is 13.7. The molecule has 3 nitrogen and oxygen atoms in total. The predicted molar refractivity (Wildman–Crippen MR) is 125 cm³/mol. The number of aliphatic hydroxyl groups is 1. The quantitative estimate of drug-likeness (QED) is 0.572. The Bertz CT molecular complexity index is 944. The summed E-state index contributed by atoms with van der Waals surface area (Å²) in [6.07, 6.45) is 5.25. The smallest absolute Gasteiger partial charge is 0.126 e. The maximum Gasteiger partial charge on any atom is 0.126 e. The molecule has 2 aromatic rings. The fraction of sp³-hybridized carbons (Fsp3) is 0.556. The summed E-state index contributed by atoms with van der Waals surface area (Å²) in [4.78, 5) is 0. The molecule has 2 fully saturated rings. The molecule has 0 amide bonds. The molecule has 3 atom stereocenters. The van der Waals surface area contributed by atoms with Crippen molar-refractivity contribution in [3.05, 3.63) is 70.8 Å². The summed E-state index contributed by atoms with van der Waals surface area (Å²) in [5, 5.41) is 14.7. The van der Waals surface area contributed by atoms with Crippen LogP contribution >= 0.6 is 0 Å². The van der Waals surface area contributed by atoms with Crippen LogP contribution in [0.3, 0.4) is 0 Å². The lowest BCUT2D eigenvalue weighted by Crippen LogP contribution is -2.52. The average molecular weight is 443 g/mol. The van der Waals surface area contributed by atoms with Gasteiger partial charge in [0.05, 0.1) is 11.6 Å². The van der Waals surface area contributed by atoms with Gasteiger partial charge in [0.15, 0.2) is 0 Å². The normalized spacial score (nSPS) is 26.0. The minimum Gasteiger partial charge on any atom is -0.390 e. The second kappa shape index (κ2) is 8.51. The molecule has 1 unspecified atom stereocenters. The highest BCUT2D eigenvalue weighted by Crippen LogP contribution is 2.52. The highest BCUT2D eigenvalue weighted by atomic mass is 19.1. The highest BCUT2D eigenvalue weighted by Gasteiger charge is 2.57. The summed E-state index contributed by atoms with van der Waals surface area (Å²) in [6.45, 7) is 7.01. The largest absolute Gasteiger partial charge is 0.390 e. The first-order valence-corrected chi connectivity index (χ1v) is 11.8. The third-order valence-corrected chi connectivity index (χ3v) is 7.58. The lowest BCUT2D eigenvalue weighted by atomic mass is 9.74. The van der Waals surface area contributed by atoms with Crippen LogP contribution in [0.5, 0.6) is 0 Å². The number of hydrogen-bond acceptors (Lipinski definition) is 3. The van der Waals surface area contributed by atoms with E-state index in [0.717, 1.165) is 31.7 Å². The van der Waals surface area contributed by atoms with E-state index in [9.17, 15) is 13.9 Å². The first-order valence-electron chi connectivity index (χ1n) is 11.8. The SMILES string of the molecule is CC(C)(C)c1cccc(C2(NC[C@@H](O)[C@]3(N)CC3c3cc(F)cc(F)c3)CCCCC2)c1. The molecule has 4 N–H and O–H groups in total. The average Bonchev–Trinajstić information content (AvgIpc) is 3.45. The van der Waals surface area contributed by atoms with Gasteiger partial charge in [-0.15, -0.1) is 0 Å². The molecule has 0 heterocycles. The van der Waals surface area contributed by atoms with Crippen LogP contribution in [0.25, 0.3) is 0 Å². The van der Waals surface area contributed by atoms with E-state index >= 15 is 0 Å². The van der Waals surface area contributed by atoms with Gasteiger partial charge in [0.25, 0.3) is 0 Å². The first-order chi connectivity index (χ1) is 15.0. The summed E-state index contributed by atoms with van der Waals surface area (Å²) in [5.74, 6) is -1.46. The molecular weight excluding hydrogens is 406 g/mol. The van der Waals surface area contributed by atoms with E-state index < -0.39 is 23.3 Å². The van der Waals surface area contributed by atoms with Gasteiger partial charge in [0, 0.05) is 24.1 Å². The number of nitrogens with one attached hydrogen (secondary N) is 1. The zero-order valence-electron chi connectivity index (χ0n) is 19.4. The van der Waals surface area contributed by atoms with E-state index in [0.29, 0.717) is 18.5 Å². The first kappa shape index (κ1) is 23.3. The van der Waals surface area contributed by atoms with Crippen LogP contribution in [0.1, 0.15) is 81.9 Å². The van der Waals surface area contributed by atoms with Crippen LogP contribution in [-0.4, -0.2) is 23.3 Å². The number of aliphatic hydroxyl groups excluding tert-OH is 1. The summed E-state index contributed by atoms with van der Waals surface area (Å²) >= 11 is 0. The Hall–Kier alpha value is -1.82. The fourth-order valence-corrected chi connectivity index (χ4v) is 5.36. The van der Waals surface area contributed by atoms with Gasteiger partial charge in [-0.2, -0.15) is 0 Å². The standard InChI is InChI=1S/C27H36F2N2O/c1-25(2,3)19-8-7-9-20(14-19)26(10-5-4-6-11-26)31-17-24(32)27(30)16-23(27)18-12-21(28)15-22(29)13-18/h7-9,12-15,23-24,31-32H,4-6,10-11,16-17,30H2,1-3H3/t23?,24-,27+/m1/s1. The topological polar surface area (TPSA) is 58.3 Å². The molecule has 0 aliphatic heterocycles. The van der Waals surface area contributed by atoms with Crippen molar-refractivity contribution in [3.63, 3.8) is 0 Å². The lowest BCUT2D eigenvalue weighted by molar-refractivity contribution is 0.106. The fourth-order valence-electron chi connectivity index (χ4n) is 5.36. The molecule has 0 radical (unpaired) electrons. The maximum absolute atomic E-state index is 13.7. The van der Waals surface area contributed by atoms with Crippen LogP contribution < -0.4 is 11.1 Å². The Morgan fingerprint density at radius 3 is 2.34 bits per heavy atom. The Morgan fingerprint density at radius 2 is 1.72 bits per heavy atom. The molecule has 174 valence electrons. The van der Waals surface area contributed by atoms with Crippen LogP contribution in [0.2, 0.25) is 0 Å². The molecular formula is C27H36F2N2O. The molecule has 2 saturated carbocycles.